The number of amides is 2. The number of anilines is 1. The van der Waals surface area contributed by atoms with Crippen LogP contribution in [0.5, 0.6) is 11.5 Å². The van der Waals surface area contributed by atoms with Gasteiger partial charge in [0.2, 0.25) is 0 Å². The van der Waals surface area contributed by atoms with Gasteiger partial charge in [-0.25, -0.2) is 4.79 Å². The van der Waals surface area contributed by atoms with Gasteiger partial charge in [-0.05, 0) is 18.6 Å². The van der Waals surface area contributed by atoms with Crippen LogP contribution in [0.15, 0.2) is 18.2 Å². The average molecular weight is 321 g/mol. The van der Waals surface area contributed by atoms with E-state index in [1.807, 2.05) is 23.1 Å². The lowest BCUT2D eigenvalue weighted by molar-refractivity contribution is 0.194. The molecule has 1 saturated heterocycles. The van der Waals surface area contributed by atoms with Crippen molar-refractivity contribution in [2.75, 3.05) is 51.8 Å². The summed E-state index contributed by atoms with van der Waals surface area (Å²) in [5.41, 5.74) is 1.01. The predicted octanol–water partition coefficient (Wildman–Crippen LogP) is 2.34. The monoisotopic (exact) mass is 321 g/mol. The fourth-order valence-corrected chi connectivity index (χ4v) is 2.68. The maximum atomic E-state index is 12.1. The maximum Gasteiger partial charge on any atom is 0.317 e. The van der Waals surface area contributed by atoms with Crippen molar-refractivity contribution in [3.63, 3.8) is 0 Å². The number of nitrogens with zero attached hydrogens (tertiary/aromatic N) is 2. The Morgan fingerprint density at radius 3 is 2.52 bits per heavy atom. The van der Waals surface area contributed by atoms with E-state index in [4.69, 9.17) is 9.47 Å². The van der Waals surface area contributed by atoms with Gasteiger partial charge in [-0.15, -0.1) is 0 Å². The number of carbonyl (C=O) groups is 1. The zero-order chi connectivity index (χ0) is 16.7. The molecule has 1 aromatic rings. The van der Waals surface area contributed by atoms with Crippen LogP contribution in [0.2, 0.25) is 0 Å². The molecule has 1 heterocycles. The van der Waals surface area contributed by atoms with Crippen LogP contribution in [-0.2, 0) is 0 Å². The first-order valence-electron chi connectivity index (χ1n) is 8.19. The zero-order valence-corrected chi connectivity index (χ0v) is 14.3. The normalized spacial score (nSPS) is 14.6. The van der Waals surface area contributed by atoms with E-state index in [1.165, 1.54) is 0 Å². The van der Waals surface area contributed by atoms with Crippen LogP contribution < -0.4 is 19.7 Å². The lowest BCUT2D eigenvalue weighted by Crippen LogP contribution is -2.52. The second kappa shape index (κ2) is 8.50. The Morgan fingerprint density at radius 2 is 1.91 bits per heavy atom. The van der Waals surface area contributed by atoms with Crippen LogP contribution in [0.1, 0.15) is 19.8 Å². The minimum Gasteiger partial charge on any atom is -0.497 e. The standard InChI is InChI=1S/C17H27N3O3/c1-4-5-8-18-17(21)20-11-9-19(10-12-20)15-13-14(22-2)6-7-16(15)23-3/h6-7,13H,4-5,8-12H2,1-3H3,(H,18,21). The Balaban J connectivity index is 1.95. The second-order valence-electron chi connectivity index (χ2n) is 5.60. The summed E-state index contributed by atoms with van der Waals surface area (Å²) >= 11 is 0. The van der Waals surface area contributed by atoms with Crippen molar-refractivity contribution in [1.29, 1.82) is 0 Å². The highest BCUT2D eigenvalue weighted by Gasteiger charge is 2.23. The first kappa shape index (κ1) is 17.2. The fourth-order valence-electron chi connectivity index (χ4n) is 2.68. The first-order chi connectivity index (χ1) is 11.2. The van der Waals surface area contributed by atoms with Crippen molar-refractivity contribution in [2.45, 2.75) is 19.8 Å². The van der Waals surface area contributed by atoms with Gasteiger partial charge < -0.3 is 24.6 Å². The molecular formula is C17H27N3O3. The average Bonchev–Trinajstić information content (AvgIpc) is 2.61. The summed E-state index contributed by atoms with van der Waals surface area (Å²) in [4.78, 5) is 16.2. The summed E-state index contributed by atoms with van der Waals surface area (Å²) < 4.78 is 10.8. The minimum absolute atomic E-state index is 0.0377. The van der Waals surface area contributed by atoms with Crippen LogP contribution in [0.25, 0.3) is 0 Å². The smallest absolute Gasteiger partial charge is 0.317 e. The van der Waals surface area contributed by atoms with E-state index < -0.39 is 0 Å². The van der Waals surface area contributed by atoms with Gasteiger partial charge in [-0.3, -0.25) is 0 Å². The highest BCUT2D eigenvalue weighted by atomic mass is 16.5. The topological polar surface area (TPSA) is 54.0 Å². The molecule has 2 amide bonds. The number of nitrogens with one attached hydrogen (secondary N) is 1. The molecule has 0 unspecified atom stereocenters. The molecule has 6 heteroatoms. The molecule has 1 aliphatic rings. The van der Waals surface area contributed by atoms with E-state index in [0.29, 0.717) is 13.1 Å². The van der Waals surface area contributed by atoms with Crippen molar-refractivity contribution in [3.8, 4) is 11.5 Å². The molecule has 0 bridgehead atoms. The molecule has 0 aromatic heterocycles. The van der Waals surface area contributed by atoms with Gasteiger partial charge in [0.1, 0.15) is 11.5 Å². The number of benzene rings is 1. The third-order valence-corrected chi connectivity index (χ3v) is 4.10. The number of hydrogen-bond donors (Lipinski definition) is 1. The van der Waals surface area contributed by atoms with E-state index in [0.717, 1.165) is 49.7 Å². The SMILES string of the molecule is CCCCNC(=O)N1CCN(c2cc(OC)ccc2OC)CC1. The highest BCUT2D eigenvalue weighted by molar-refractivity contribution is 5.74. The molecule has 0 aliphatic carbocycles. The third-order valence-electron chi connectivity index (χ3n) is 4.10. The van der Waals surface area contributed by atoms with Crippen LogP contribution in [0, 0.1) is 0 Å². The van der Waals surface area contributed by atoms with Gasteiger partial charge in [0.15, 0.2) is 0 Å². The minimum atomic E-state index is 0.0377. The summed E-state index contributed by atoms with van der Waals surface area (Å²) in [7, 11) is 3.33. The third kappa shape index (κ3) is 4.43. The van der Waals surface area contributed by atoms with Crippen LogP contribution in [0.3, 0.4) is 0 Å². The van der Waals surface area contributed by atoms with E-state index in [9.17, 15) is 4.79 Å². The number of ether oxygens (including phenoxy) is 2. The lowest BCUT2D eigenvalue weighted by atomic mass is 10.2. The molecule has 1 fully saturated rings. The number of carbonyl (C=O) groups excluding carboxylic acids is 1. The van der Waals surface area contributed by atoms with Crippen molar-refractivity contribution in [1.82, 2.24) is 10.2 Å². The van der Waals surface area contributed by atoms with Crippen molar-refractivity contribution < 1.29 is 14.3 Å². The predicted molar refractivity (Wildman–Crippen MR) is 91.6 cm³/mol. The van der Waals surface area contributed by atoms with E-state index in [1.54, 1.807) is 14.2 Å². The molecule has 2 rings (SSSR count). The first-order valence-corrected chi connectivity index (χ1v) is 8.19. The Hall–Kier alpha value is -2.11. The summed E-state index contributed by atoms with van der Waals surface area (Å²) in [5.74, 6) is 1.63. The molecule has 23 heavy (non-hydrogen) atoms. The molecule has 6 nitrogen and oxygen atoms in total. The van der Waals surface area contributed by atoms with Crippen molar-refractivity contribution in [2.24, 2.45) is 0 Å². The largest absolute Gasteiger partial charge is 0.497 e. The quantitative estimate of drug-likeness (QED) is 0.817. The Kier molecular flexibility index (Phi) is 6.38. The number of hydrogen-bond acceptors (Lipinski definition) is 4. The molecule has 1 aromatic carbocycles. The Bertz CT molecular complexity index is 514. The van der Waals surface area contributed by atoms with Crippen molar-refractivity contribution in [3.05, 3.63) is 18.2 Å². The van der Waals surface area contributed by atoms with Crippen molar-refractivity contribution >= 4 is 11.7 Å². The number of unbranched alkanes of at least 4 members (excludes halogenated alkanes) is 1. The summed E-state index contributed by atoms with van der Waals surface area (Å²) in [5, 5.41) is 2.97. The molecule has 0 spiro atoms. The van der Waals surface area contributed by atoms with Gasteiger partial charge in [-0.2, -0.15) is 0 Å². The van der Waals surface area contributed by atoms with Gasteiger partial charge in [-0.1, -0.05) is 13.3 Å². The number of rotatable bonds is 6. The fraction of sp³-hybridized carbons (Fsp3) is 0.588. The molecule has 0 saturated carbocycles. The summed E-state index contributed by atoms with van der Waals surface area (Å²) in [6, 6.07) is 5.82. The molecule has 1 N–H and O–H groups in total. The summed E-state index contributed by atoms with van der Waals surface area (Å²) in [6.07, 6.45) is 2.11. The highest BCUT2D eigenvalue weighted by Crippen LogP contribution is 2.32. The van der Waals surface area contributed by atoms with E-state index in [2.05, 4.69) is 17.1 Å². The zero-order valence-electron chi connectivity index (χ0n) is 14.3. The molecular weight excluding hydrogens is 294 g/mol. The number of urea groups is 1. The molecule has 0 atom stereocenters. The maximum absolute atomic E-state index is 12.1. The molecule has 1 aliphatic heterocycles. The van der Waals surface area contributed by atoms with E-state index >= 15 is 0 Å². The Labute approximate surface area is 138 Å². The van der Waals surface area contributed by atoms with Crippen LogP contribution in [0.4, 0.5) is 10.5 Å². The van der Waals surface area contributed by atoms with Crippen LogP contribution in [-0.4, -0.2) is 57.9 Å². The molecule has 128 valence electrons. The van der Waals surface area contributed by atoms with Gasteiger partial charge >= 0.3 is 6.03 Å². The Morgan fingerprint density at radius 1 is 1.17 bits per heavy atom. The van der Waals surface area contributed by atoms with Gasteiger partial charge in [0.05, 0.1) is 19.9 Å². The van der Waals surface area contributed by atoms with Gasteiger partial charge in [0, 0.05) is 38.8 Å². The van der Waals surface area contributed by atoms with E-state index in [-0.39, 0.29) is 6.03 Å². The lowest BCUT2D eigenvalue weighted by Gasteiger charge is -2.36. The van der Waals surface area contributed by atoms with Gasteiger partial charge in [0.25, 0.3) is 0 Å². The number of piperazine rings is 1. The summed E-state index contributed by atoms with van der Waals surface area (Å²) in [6.45, 7) is 5.85. The number of methoxy groups -OCH3 is 2. The molecule has 0 radical (unpaired) electrons. The second-order valence-corrected chi connectivity index (χ2v) is 5.60. The van der Waals surface area contributed by atoms with Crippen LogP contribution >= 0.6 is 0 Å².